The van der Waals surface area contributed by atoms with Gasteiger partial charge >= 0.3 is 0 Å². The lowest BCUT2D eigenvalue weighted by atomic mass is 10.0. The summed E-state index contributed by atoms with van der Waals surface area (Å²) in [6, 6.07) is 15.2. The largest absolute Gasteiger partial charge is 0.357 e. The first-order valence-electron chi connectivity index (χ1n) is 10.2. The highest BCUT2D eigenvalue weighted by molar-refractivity contribution is 14.0. The van der Waals surface area contributed by atoms with Crippen molar-refractivity contribution in [3.8, 4) is 0 Å². The monoisotopic (exact) mass is 504 g/mol. The van der Waals surface area contributed by atoms with E-state index in [4.69, 9.17) is 4.99 Å². The fraction of sp³-hybridized carbons (Fsp3) is 0.409. The maximum absolute atomic E-state index is 4.83. The van der Waals surface area contributed by atoms with E-state index in [2.05, 4.69) is 70.1 Å². The Hall–Kier alpha value is -2.16. The van der Waals surface area contributed by atoms with Crippen LogP contribution in [-0.2, 0) is 13.0 Å². The summed E-state index contributed by atoms with van der Waals surface area (Å²) in [4.78, 5) is 9.44. The predicted octanol–water partition coefficient (Wildman–Crippen LogP) is 3.99. The van der Waals surface area contributed by atoms with E-state index in [0.29, 0.717) is 0 Å². The first-order valence-corrected chi connectivity index (χ1v) is 10.2. The molecule has 0 amide bonds. The fourth-order valence-electron chi connectivity index (χ4n) is 3.89. The topological polar surface area (TPSA) is 67.1 Å². The zero-order valence-electron chi connectivity index (χ0n) is 17.1. The minimum atomic E-state index is 0. The molecule has 7 heteroatoms. The molecule has 0 radical (unpaired) electrons. The Morgan fingerprint density at radius 3 is 2.90 bits per heavy atom. The standard InChI is InChI=1S/C22H28N6.HI/c1-3-23-22(26-20-12-7-15-28-21(20)25-16(2)27-28)24-14-13-18-10-6-9-17-8-4-5-11-19(17)18;/h4-6,8-11,20H,3,7,12-15H2,1-2H3,(H2,23,24,26);1H. The third-order valence-electron chi connectivity index (χ3n) is 5.17. The van der Waals surface area contributed by atoms with Crippen LogP contribution in [0.5, 0.6) is 0 Å². The number of aromatic nitrogens is 3. The van der Waals surface area contributed by atoms with Gasteiger partial charge in [0.05, 0.1) is 6.04 Å². The van der Waals surface area contributed by atoms with Gasteiger partial charge in [-0.1, -0.05) is 42.5 Å². The molecule has 0 aliphatic carbocycles. The lowest BCUT2D eigenvalue weighted by Crippen LogP contribution is -2.41. The summed E-state index contributed by atoms with van der Waals surface area (Å²) < 4.78 is 2.02. The third-order valence-corrected chi connectivity index (χ3v) is 5.17. The average Bonchev–Trinajstić information content (AvgIpc) is 3.09. The number of halogens is 1. The number of benzene rings is 2. The van der Waals surface area contributed by atoms with Crippen molar-refractivity contribution in [3.05, 3.63) is 59.7 Å². The summed E-state index contributed by atoms with van der Waals surface area (Å²) in [5.41, 5.74) is 1.34. The lowest BCUT2D eigenvalue weighted by molar-refractivity contribution is 0.397. The minimum Gasteiger partial charge on any atom is -0.357 e. The fourth-order valence-corrected chi connectivity index (χ4v) is 3.89. The van der Waals surface area contributed by atoms with Crippen molar-refractivity contribution in [1.29, 1.82) is 0 Å². The van der Waals surface area contributed by atoms with Crippen molar-refractivity contribution in [2.24, 2.45) is 4.99 Å². The molecule has 6 nitrogen and oxygen atoms in total. The molecule has 2 aromatic carbocycles. The average molecular weight is 504 g/mol. The number of guanidine groups is 1. The van der Waals surface area contributed by atoms with Gasteiger partial charge in [-0.25, -0.2) is 9.67 Å². The van der Waals surface area contributed by atoms with E-state index < -0.39 is 0 Å². The van der Waals surface area contributed by atoms with E-state index in [1.165, 1.54) is 16.3 Å². The Morgan fingerprint density at radius 1 is 1.21 bits per heavy atom. The maximum Gasteiger partial charge on any atom is 0.191 e. The van der Waals surface area contributed by atoms with Crippen LogP contribution >= 0.6 is 24.0 Å². The summed E-state index contributed by atoms with van der Waals surface area (Å²) in [5.74, 6) is 2.70. The van der Waals surface area contributed by atoms with Crippen molar-refractivity contribution in [2.45, 2.75) is 45.7 Å². The quantitative estimate of drug-likeness (QED) is 0.313. The van der Waals surface area contributed by atoms with Crippen molar-refractivity contribution in [3.63, 3.8) is 0 Å². The Labute approximate surface area is 189 Å². The van der Waals surface area contributed by atoms with Gasteiger partial charge in [-0.2, -0.15) is 5.10 Å². The molecule has 29 heavy (non-hydrogen) atoms. The molecular weight excluding hydrogens is 475 g/mol. The van der Waals surface area contributed by atoms with Gasteiger partial charge in [0.1, 0.15) is 11.6 Å². The number of hydrogen-bond acceptors (Lipinski definition) is 3. The number of rotatable bonds is 5. The van der Waals surface area contributed by atoms with Crippen molar-refractivity contribution in [1.82, 2.24) is 25.4 Å². The molecule has 2 heterocycles. The Bertz CT molecular complexity index is 975. The summed E-state index contributed by atoms with van der Waals surface area (Å²) in [5, 5.41) is 14.0. The molecule has 0 saturated heterocycles. The predicted molar refractivity (Wildman–Crippen MR) is 129 cm³/mol. The number of nitrogens with one attached hydrogen (secondary N) is 2. The smallest absolute Gasteiger partial charge is 0.191 e. The van der Waals surface area contributed by atoms with Gasteiger partial charge in [0.2, 0.25) is 0 Å². The van der Waals surface area contributed by atoms with E-state index in [-0.39, 0.29) is 30.0 Å². The van der Waals surface area contributed by atoms with Crippen LogP contribution in [0, 0.1) is 6.92 Å². The molecule has 0 saturated carbocycles. The van der Waals surface area contributed by atoms with Crippen LogP contribution in [0.4, 0.5) is 0 Å². The minimum absolute atomic E-state index is 0. The van der Waals surface area contributed by atoms with E-state index in [1.807, 2.05) is 11.6 Å². The van der Waals surface area contributed by atoms with Crippen LogP contribution in [0.3, 0.4) is 0 Å². The number of aliphatic imine (C=N–C) groups is 1. The summed E-state index contributed by atoms with van der Waals surface area (Å²) in [7, 11) is 0. The number of aryl methyl sites for hydroxylation is 2. The van der Waals surface area contributed by atoms with Crippen LogP contribution < -0.4 is 10.6 Å². The molecule has 1 aliphatic heterocycles. The highest BCUT2D eigenvalue weighted by atomic mass is 127. The van der Waals surface area contributed by atoms with Gasteiger partial charge in [-0.05, 0) is 49.4 Å². The zero-order valence-corrected chi connectivity index (χ0v) is 19.4. The van der Waals surface area contributed by atoms with Crippen LogP contribution in [0.15, 0.2) is 47.5 Å². The number of nitrogens with zero attached hydrogens (tertiary/aromatic N) is 4. The molecule has 154 valence electrons. The second-order valence-corrected chi connectivity index (χ2v) is 7.23. The van der Waals surface area contributed by atoms with Gasteiger partial charge in [0.15, 0.2) is 5.96 Å². The van der Waals surface area contributed by atoms with Crippen LogP contribution in [0.25, 0.3) is 10.8 Å². The molecular formula is C22H29IN6. The Kier molecular flexibility index (Phi) is 7.46. The van der Waals surface area contributed by atoms with Gasteiger partial charge in [0, 0.05) is 19.6 Å². The number of fused-ring (bicyclic) bond motifs is 2. The second-order valence-electron chi connectivity index (χ2n) is 7.23. The van der Waals surface area contributed by atoms with Crippen molar-refractivity contribution >= 4 is 40.7 Å². The zero-order chi connectivity index (χ0) is 19.3. The Morgan fingerprint density at radius 2 is 2.03 bits per heavy atom. The van der Waals surface area contributed by atoms with Gasteiger partial charge < -0.3 is 10.6 Å². The molecule has 2 N–H and O–H groups in total. The van der Waals surface area contributed by atoms with Gasteiger partial charge in [0.25, 0.3) is 0 Å². The molecule has 1 unspecified atom stereocenters. The summed E-state index contributed by atoms with van der Waals surface area (Å²) in [6.45, 7) is 6.56. The number of hydrogen-bond donors (Lipinski definition) is 2. The first-order chi connectivity index (χ1) is 13.7. The highest BCUT2D eigenvalue weighted by Crippen LogP contribution is 2.23. The lowest BCUT2D eigenvalue weighted by Gasteiger charge is -2.25. The molecule has 1 atom stereocenters. The van der Waals surface area contributed by atoms with E-state index in [1.54, 1.807) is 0 Å². The highest BCUT2D eigenvalue weighted by Gasteiger charge is 2.24. The van der Waals surface area contributed by atoms with Crippen molar-refractivity contribution < 1.29 is 0 Å². The van der Waals surface area contributed by atoms with Crippen LogP contribution in [0.1, 0.15) is 43.0 Å². The molecule has 4 rings (SSSR count). The normalized spacial score (nSPS) is 16.2. The SMILES string of the molecule is CCNC(=NCCc1cccc2ccccc12)NC1CCCn2nc(C)nc21.I. The first kappa shape index (κ1) is 21.5. The van der Waals surface area contributed by atoms with Crippen LogP contribution in [0.2, 0.25) is 0 Å². The Balaban J connectivity index is 0.00000240. The molecule has 0 fully saturated rings. The van der Waals surface area contributed by atoms with Crippen molar-refractivity contribution in [2.75, 3.05) is 13.1 Å². The molecule has 1 aliphatic rings. The molecule has 1 aromatic heterocycles. The van der Waals surface area contributed by atoms with E-state index in [0.717, 1.165) is 56.5 Å². The third kappa shape index (κ3) is 5.07. The van der Waals surface area contributed by atoms with E-state index >= 15 is 0 Å². The summed E-state index contributed by atoms with van der Waals surface area (Å²) in [6.07, 6.45) is 3.06. The molecule has 0 spiro atoms. The van der Waals surface area contributed by atoms with Crippen LogP contribution in [-0.4, -0.2) is 33.8 Å². The van der Waals surface area contributed by atoms with E-state index in [9.17, 15) is 0 Å². The summed E-state index contributed by atoms with van der Waals surface area (Å²) >= 11 is 0. The maximum atomic E-state index is 4.83. The second kappa shape index (κ2) is 10.0. The van der Waals surface area contributed by atoms with Gasteiger partial charge in [-0.15, -0.1) is 24.0 Å². The molecule has 0 bridgehead atoms. The van der Waals surface area contributed by atoms with Gasteiger partial charge in [-0.3, -0.25) is 4.99 Å². The molecule has 3 aromatic rings.